The van der Waals surface area contributed by atoms with Crippen LogP contribution in [0.1, 0.15) is 0 Å². The second-order valence-corrected chi connectivity index (χ2v) is 4.48. The summed E-state index contributed by atoms with van der Waals surface area (Å²) < 4.78 is 0. The molecule has 1 rings (SSSR count). The maximum absolute atomic E-state index is 6.25. The first-order valence-corrected chi connectivity index (χ1v) is 8.32. The molecule has 5 heteroatoms. The molecule has 0 aliphatic rings. The van der Waals surface area contributed by atoms with E-state index in [4.69, 9.17) is 42.5 Å². The Morgan fingerprint density at radius 1 is 0.692 bits per heavy atom. The van der Waals surface area contributed by atoms with Crippen molar-refractivity contribution in [1.82, 2.24) is 0 Å². The minimum Gasteiger partial charge on any atom is -0.0623 e. The molecule has 72 valence electrons. The zero-order valence-electron chi connectivity index (χ0n) is 6.43. The van der Waals surface area contributed by atoms with Crippen LogP contribution in [-0.2, 0) is 16.5 Å². The van der Waals surface area contributed by atoms with Gasteiger partial charge in [-0.25, -0.2) is 0 Å². The van der Waals surface area contributed by atoms with Crippen LogP contribution in [0.4, 0.5) is 0 Å². The van der Waals surface area contributed by atoms with Gasteiger partial charge in [0.05, 0.1) is 0 Å². The molecule has 0 aliphatic heterocycles. The maximum atomic E-state index is 6.25. The number of halogens is 2. The van der Waals surface area contributed by atoms with Crippen molar-refractivity contribution in [3.63, 3.8) is 0 Å². The summed E-state index contributed by atoms with van der Waals surface area (Å²) in [5.41, 5.74) is 0. The van der Waals surface area contributed by atoms with Crippen LogP contribution in [0.15, 0.2) is 36.4 Å². The second-order valence-electron chi connectivity index (χ2n) is 1.20. The Morgan fingerprint density at radius 2 is 0.769 bits per heavy atom. The topological polar surface area (TPSA) is 47.6 Å². The van der Waals surface area contributed by atoms with E-state index in [1.807, 2.05) is 36.4 Å². The summed E-state index contributed by atoms with van der Waals surface area (Å²) in [5.74, 6) is 0. The molecule has 0 amide bonds. The summed E-state index contributed by atoms with van der Waals surface area (Å²) >= 11 is -0.472. The van der Waals surface area contributed by atoms with Crippen molar-refractivity contribution in [3.8, 4) is 0 Å². The van der Waals surface area contributed by atoms with Crippen molar-refractivity contribution >= 4 is 18.8 Å². The quantitative estimate of drug-likeness (QED) is 0.633. The third-order valence-corrected chi connectivity index (χ3v) is 0.667. The van der Waals surface area contributed by atoms with Crippen molar-refractivity contribution in [2.24, 2.45) is 0 Å². The van der Waals surface area contributed by atoms with Gasteiger partial charge in [-0.2, -0.15) is 0 Å². The van der Waals surface area contributed by atoms with Gasteiger partial charge in [0.1, 0.15) is 0 Å². The standard InChI is InChI=1S/C6H6.2CN.2ClH.Pt/c1-2-4-6-5-3-1;2*1-2;;;/h1-6H;;;2*1H;/q;2*-1;;;+4/p-2. The largest absolute Gasteiger partial charge is 0.0623 e. The van der Waals surface area contributed by atoms with Gasteiger partial charge in [-0.05, 0) is 0 Å². The molecule has 0 saturated heterocycles. The van der Waals surface area contributed by atoms with Gasteiger partial charge in [-0.1, -0.05) is 36.4 Å². The smallest absolute Gasteiger partial charge is 0.0623 e. The Hall–Kier alpha value is -0.532. The first kappa shape index (κ1) is 18.3. The van der Waals surface area contributed by atoms with Crippen LogP contribution >= 0.6 is 18.8 Å². The number of nitrogens with zero attached hydrogens (tertiary/aromatic N) is 2. The first-order chi connectivity index (χ1) is 6.41. The van der Waals surface area contributed by atoms with Crippen LogP contribution in [0.3, 0.4) is 0 Å². The van der Waals surface area contributed by atoms with Crippen LogP contribution in [0, 0.1) is 23.7 Å². The second kappa shape index (κ2) is 30.0. The summed E-state index contributed by atoms with van der Waals surface area (Å²) in [4.78, 5) is 0. The van der Waals surface area contributed by atoms with Gasteiger partial charge in [-0.15, -0.1) is 0 Å². The molecule has 0 bridgehead atoms. The van der Waals surface area contributed by atoms with Crippen molar-refractivity contribution in [2.75, 3.05) is 0 Å². The van der Waals surface area contributed by atoms with Gasteiger partial charge in [-0.3, -0.25) is 0 Å². The van der Waals surface area contributed by atoms with Gasteiger partial charge in [0.15, 0.2) is 0 Å². The van der Waals surface area contributed by atoms with E-state index in [1.165, 1.54) is 0 Å². The van der Waals surface area contributed by atoms with Crippen LogP contribution in [0.2, 0.25) is 0 Å². The molecule has 13 heavy (non-hydrogen) atoms. The van der Waals surface area contributed by atoms with E-state index in [-0.39, 0.29) is 0 Å². The van der Waals surface area contributed by atoms with Crippen LogP contribution in [0.25, 0.3) is 0 Å². The average Bonchev–Trinajstić information content (AvgIpc) is 2.27. The molecule has 0 fully saturated rings. The average molecular weight is 396 g/mol. The van der Waals surface area contributed by atoms with Gasteiger partial charge in [0.25, 0.3) is 0 Å². The third kappa shape index (κ3) is 34.4. The SMILES string of the molecule is [C-]#N.[C-]#N.[Cl][Pt+2][Cl].c1ccccc1. The van der Waals surface area contributed by atoms with E-state index in [9.17, 15) is 0 Å². The van der Waals surface area contributed by atoms with Gasteiger partial charge in [0, 0.05) is 0 Å². The number of benzene rings is 1. The third-order valence-electron chi connectivity index (χ3n) is 0.667. The molecule has 0 spiro atoms. The first-order valence-electron chi connectivity index (χ1n) is 2.69. The summed E-state index contributed by atoms with van der Waals surface area (Å²) in [7, 11) is 9.75. The molecule has 0 radical (unpaired) electrons. The monoisotopic (exact) mass is 395 g/mol. The fourth-order valence-corrected chi connectivity index (χ4v) is 0.385. The van der Waals surface area contributed by atoms with Crippen molar-refractivity contribution < 1.29 is 16.5 Å². The van der Waals surface area contributed by atoms with E-state index in [0.717, 1.165) is 0 Å². The summed E-state index contributed by atoms with van der Waals surface area (Å²) in [5, 5.41) is 12.5. The number of hydrogen-bond acceptors (Lipinski definition) is 2. The Bertz CT molecular complexity index is 156. The molecule has 0 aromatic heterocycles. The van der Waals surface area contributed by atoms with Gasteiger partial charge >= 0.3 is 35.3 Å². The Labute approximate surface area is 95.1 Å². The molecule has 0 N–H and O–H groups in total. The Kier molecular flexibility index (Phi) is 42.3. The number of hydrogen-bond donors (Lipinski definition) is 0. The summed E-state index contributed by atoms with van der Waals surface area (Å²) in [6.07, 6.45) is 0. The van der Waals surface area contributed by atoms with E-state index in [0.29, 0.717) is 0 Å². The molecule has 0 heterocycles. The van der Waals surface area contributed by atoms with Gasteiger partial charge < -0.3 is 23.7 Å². The fraction of sp³-hybridized carbons (Fsp3) is 0. The summed E-state index contributed by atoms with van der Waals surface area (Å²) in [6, 6.07) is 12.0. The Balaban J connectivity index is -0.000000124. The van der Waals surface area contributed by atoms with Crippen molar-refractivity contribution in [3.05, 3.63) is 49.5 Å². The van der Waals surface area contributed by atoms with Crippen LogP contribution in [-0.4, -0.2) is 0 Å². The minimum atomic E-state index is -0.472. The molecule has 0 aliphatic carbocycles. The maximum Gasteiger partial charge on any atom is -0.0623 e. The summed E-state index contributed by atoms with van der Waals surface area (Å²) in [6.45, 7) is 9.50. The normalized spacial score (nSPS) is 5.69. The zero-order chi connectivity index (χ0) is 10.9. The van der Waals surface area contributed by atoms with Gasteiger partial charge in [0.2, 0.25) is 0 Å². The molecule has 1 aromatic carbocycles. The van der Waals surface area contributed by atoms with E-state index < -0.39 is 16.5 Å². The molecule has 0 unspecified atom stereocenters. The van der Waals surface area contributed by atoms with Crippen molar-refractivity contribution in [2.45, 2.75) is 0 Å². The van der Waals surface area contributed by atoms with Crippen LogP contribution < -0.4 is 0 Å². The predicted molar refractivity (Wildman–Crippen MR) is 48.1 cm³/mol. The van der Waals surface area contributed by atoms with E-state index in [1.54, 1.807) is 0 Å². The molecule has 0 saturated carbocycles. The fourth-order valence-electron chi connectivity index (χ4n) is 0.385. The van der Waals surface area contributed by atoms with E-state index in [2.05, 4.69) is 0 Å². The zero-order valence-corrected chi connectivity index (χ0v) is 10.2. The minimum absolute atomic E-state index is 0.472. The molecular formula is C8H6Cl2N2Pt. The van der Waals surface area contributed by atoms with Crippen molar-refractivity contribution in [1.29, 1.82) is 10.5 Å². The molecular weight excluding hydrogens is 390 g/mol. The molecule has 1 aromatic rings. The molecule has 2 nitrogen and oxygen atoms in total. The number of rotatable bonds is 0. The predicted octanol–water partition coefficient (Wildman–Crippen LogP) is 3.26. The van der Waals surface area contributed by atoms with Crippen LogP contribution in [0.5, 0.6) is 0 Å². The van der Waals surface area contributed by atoms with E-state index >= 15 is 0 Å². The molecule has 0 atom stereocenters. The Morgan fingerprint density at radius 3 is 0.846 bits per heavy atom.